The third-order valence-electron chi connectivity index (χ3n) is 4.73. The maximum absolute atomic E-state index is 12.9. The maximum Gasteiger partial charge on any atom is 0.165 e. The molecule has 1 aliphatic rings. The van der Waals surface area contributed by atoms with Gasteiger partial charge in [-0.2, -0.15) is 0 Å². The Kier molecular flexibility index (Phi) is 4.14. The second-order valence-electron chi connectivity index (χ2n) is 6.24. The SMILES string of the molecule is CC1=C(c2ccccc2)C(CC(=O)c2cccc(Br)c2)n2cncc21. The average Bonchev–Trinajstić information content (AvgIpc) is 3.19. The number of halogens is 1. The normalized spacial score (nSPS) is 16.2. The molecule has 0 bridgehead atoms. The van der Waals surface area contributed by atoms with E-state index in [1.807, 2.05) is 55.0 Å². The number of imidazole rings is 1. The molecule has 0 saturated heterocycles. The Morgan fingerprint density at radius 3 is 2.72 bits per heavy atom. The lowest BCUT2D eigenvalue weighted by Crippen LogP contribution is -2.13. The molecular formula is C21H17BrN2O. The highest BCUT2D eigenvalue weighted by molar-refractivity contribution is 9.10. The molecule has 0 N–H and O–H groups in total. The summed E-state index contributed by atoms with van der Waals surface area (Å²) in [6.07, 6.45) is 4.12. The molecular weight excluding hydrogens is 376 g/mol. The number of aromatic nitrogens is 2. The molecule has 0 fully saturated rings. The number of rotatable bonds is 4. The molecule has 124 valence electrons. The smallest absolute Gasteiger partial charge is 0.165 e. The van der Waals surface area contributed by atoms with E-state index in [9.17, 15) is 4.79 Å². The van der Waals surface area contributed by atoms with Crippen molar-refractivity contribution >= 4 is 32.9 Å². The molecule has 0 aliphatic carbocycles. The van der Waals surface area contributed by atoms with Crippen LogP contribution in [-0.4, -0.2) is 15.3 Å². The second-order valence-corrected chi connectivity index (χ2v) is 7.16. The van der Waals surface area contributed by atoms with Crippen molar-refractivity contribution in [1.82, 2.24) is 9.55 Å². The van der Waals surface area contributed by atoms with Gasteiger partial charge < -0.3 is 4.57 Å². The largest absolute Gasteiger partial charge is 0.323 e. The standard InChI is InChI=1S/C21H17BrN2O/c1-14-19-12-23-13-24(19)18(21(14)15-6-3-2-4-7-15)11-20(25)16-8-5-9-17(22)10-16/h2-10,12-13,18H,11H2,1H3. The third kappa shape index (κ3) is 2.87. The average molecular weight is 393 g/mol. The number of hydrogen-bond donors (Lipinski definition) is 0. The molecule has 0 amide bonds. The number of carbonyl (C=O) groups excluding carboxylic acids is 1. The highest BCUT2D eigenvalue weighted by Gasteiger charge is 2.31. The van der Waals surface area contributed by atoms with Crippen LogP contribution < -0.4 is 0 Å². The molecule has 4 rings (SSSR count). The fourth-order valence-electron chi connectivity index (χ4n) is 3.55. The molecule has 0 radical (unpaired) electrons. The molecule has 0 spiro atoms. The summed E-state index contributed by atoms with van der Waals surface area (Å²) >= 11 is 3.44. The number of ketones is 1. The van der Waals surface area contributed by atoms with Gasteiger partial charge in [0.2, 0.25) is 0 Å². The van der Waals surface area contributed by atoms with Crippen LogP contribution in [0.15, 0.2) is 71.6 Å². The first kappa shape index (κ1) is 16.0. The number of allylic oxidation sites excluding steroid dienone is 2. The lowest BCUT2D eigenvalue weighted by atomic mass is 9.92. The van der Waals surface area contributed by atoms with Crippen molar-refractivity contribution in [2.24, 2.45) is 0 Å². The minimum atomic E-state index is -0.0219. The Bertz CT molecular complexity index is 972. The predicted octanol–water partition coefficient (Wildman–Crippen LogP) is 5.40. The van der Waals surface area contributed by atoms with Crippen LogP contribution in [0.2, 0.25) is 0 Å². The summed E-state index contributed by atoms with van der Waals surface area (Å²) < 4.78 is 3.04. The summed E-state index contributed by atoms with van der Waals surface area (Å²) in [5.41, 5.74) is 5.38. The first-order valence-corrected chi connectivity index (χ1v) is 9.01. The zero-order chi connectivity index (χ0) is 17.4. The number of benzene rings is 2. The Morgan fingerprint density at radius 1 is 1.16 bits per heavy atom. The third-order valence-corrected chi connectivity index (χ3v) is 5.23. The fraction of sp³-hybridized carbons (Fsp3) is 0.143. The van der Waals surface area contributed by atoms with Crippen LogP contribution in [0.25, 0.3) is 11.1 Å². The van der Waals surface area contributed by atoms with E-state index < -0.39 is 0 Å². The summed E-state index contributed by atoms with van der Waals surface area (Å²) in [5.74, 6) is 0.133. The molecule has 1 atom stereocenters. The second kappa shape index (κ2) is 6.45. The van der Waals surface area contributed by atoms with Crippen molar-refractivity contribution in [2.75, 3.05) is 0 Å². The van der Waals surface area contributed by atoms with Crippen LogP contribution in [0.1, 0.15) is 41.0 Å². The molecule has 2 aromatic carbocycles. The number of carbonyl (C=O) groups is 1. The Balaban J connectivity index is 1.73. The lowest BCUT2D eigenvalue weighted by molar-refractivity contribution is 0.0972. The number of nitrogens with zero attached hydrogens (tertiary/aromatic N) is 2. The van der Waals surface area contributed by atoms with Gasteiger partial charge in [0.15, 0.2) is 5.78 Å². The quantitative estimate of drug-likeness (QED) is 0.556. The van der Waals surface area contributed by atoms with Crippen molar-refractivity contribution in [2.45, 2.75) is 19.4 Å². The molecule has 4 heteroatoms. The summed E-state index contributed by atoms with van der Waals surface area (Å²) in [7, 11) is 0. The zero-order valence-electron chi connectivity index (χ0n) is 13.8. The van der Waals surface area contributed by atoms with Gasteiger partial charge >= 0.3 is 0 Å². The van der Waals surface area contributed by atoms with E-state index in [4.69, 9.17) is 0 Å². The van der Waals surface area contributed by atoms with Crippen molar-refractivity contribution in [3.05, 3.63) is 88.4 Å². The summed E-state index contributed by atoms with van der Waals surface area (Å²) in [6.45, 7) is 2.11. The summed E-state index contributed by atoms with van der Waals surface area (Å²) in [5, 5.41) is 0. The van der Waals surface area contributed by atoms with Crippen LogP contribution in [0.5, 0.6) is 0 Å². The molecule has 3 aromatic rings. The zero-order valence-corrected chi connectivity index (χ0v) is 15.4. The minimum absolute atomic E-state index is 0.0219. The monoisotopic (exact) mass is 392 g/mol. The number of fused-ring (bicyclic) bond motifs is 1. The van der Waals surface area contributed by atoms with Crippen LogP contribution >= 0.6 is 15.9 Å². The molecule has 1 unspecified atom stereocenters. The topological polar surface area (TPSA) is 34.9 Å². The van der Waals surface area contributed by atoms with Crippen molar-refractivity contribution in [3.8, 4) is 0 Å². The van der Waals surface area contributed by atoms with Crippen molar-refractivity contribution < 1.29 is 4.79 Å². The molecule has 0 saturated carbocycles. The van der Waals surface area contributed by atoms with Crippen LogP contribution in [0.4, 0.5) is 0 Å². The Hall–Kier alpha value is -2.46. The van der Waals surface area contributed by atoms with E-state index in [1.165, 1.54) is 11.1 Å². The van der Waals surface area contributed by atoms with Gasteiger partial charge in [-0.1, -0.05) is 58.4 Å². The molecule has 2 heterocycles. The highest BCUT2D eigenvalue weighted by Crippen LogP contribution is 2.44. The van der Waals surface area contributed by atoms with E-state index in [1.54, 1.807) is 0 Å². The van der Waals surface area contributed by atoms with Gasteiger partial charge in [0.05, 0.1) is 24.3 Å². The van der Waals surface area contributed by atoms with Gasteiger partial charge in [-0.05, 0) is 35.8 Å². The predicted molar refractivity (Wildman–Crippen MR) is 103 cm³/mol. The minimum Gasteiger partial charge on any atom is -0.323 e. The van der Waals surface area contributed by atoms with Gasteiger partial charge in [0.25, 0.3) is 0 Å². The van der Waals surface area contributed by atoms with Crippen molar-refractivity contribution in [1.29, 1.82) is 0 Å². The first-order chi connectivity index (χ1) is 12.1. The number of hydrogen-bond acceptors (Lipinski definition) is 2. The van der Waals surface area contributed by atoms with Gasteiger partial charge in [-0.25, -0.2) is 4.98 Å². The Labute approximate surface area is 155 Å². The number of Topliss-reactive ketones (excluding diaryl/α,β-unsaturated/α-hetero) is 1. The Morgan fingerprint density at radius 2 is 1.96 bits per heavy atom. The van der Waals surface area contributed by atoms with E-state index in [-0.39, 0.29) is 11.8 Å². The molecule has 3 nitrogen and oxygen atoms in total. The van der Waals surface area contributed by atoms with E-state index >= 15 is 0 Å². The van der Waals surface area contributed by atoms with Crippen LogP contribution in [0, 0.1) is 0 Å². The van der Waals surface area contributed by atoms with Gasteiger partial charge in [-0.15, -0.1) is 0 Å². The first-order valence-electron chi connectivity index (χ1n) is 8.22. The molecule has 1 aliphatic heterocycles. The fourth-order valence-corrected chi connectivity index (χ4v) is 3.95. The van der Waals surface area contributed by atoms with E-state index in [2.05, 4.69) is 44.5 Å². The summed E-state index contributed by atoms with van der Waals surface area (Å²) in [6, 6.07) is 17.9. The van der Waals surface area contributed by atoms with Gasteiger partial charge in [-0.3, -0.25) is 4.79 Å². The van der Waals surface area contributed by atoms with E-state index in [0.717, 1.165) is 21.3 Å². The van der Waals surface area contributed by atoms with Crippen molar-refractivity contribution in [3.63, 3.8) is 0 Å². The van der Waals surface area contributed by atoms with Crippen LogP contribution in [-0.2, 0) is 0 Å². The van der Waals surface area contributed by atoms with E-state index in [0.29, 0.717) is 6.42 Å². The highest BCUT2D eigenvalue weighted by atomic mass is 79.9. The maximum atomic E-state index is 12.9. The van der Waals surface area contributed by atoms with Crippen LogP contribution in [0.3, 0.4) is 0 Å². The molecule has 1 aromatic heterocycles. The molecule has 25 heavy (non-hydrogen) atoms. The summed E-state index contributed by atoms with van der Waals surface area (Å²) in [4.78, 5) is 17.2. The van der Waals surface area contributed by atoms with Gasteiger partial charge in [0, 0.05) is 16.5 Å². The van der Waals surface area contributed by atoms with Gasteiger partial charge in [0.1, 0.15) is 0 Å². The lowest BCUT2D eigenvalue weighted by Gasteiger charge is -2.18.